The van der Waals surface area contributed by atoms with Crippen molar-refractivity contribution in [3.05, 3.63) is 45.6 Å². The minimum Gasteiger partial charge on any atom is -0.338 e. The van der Waals surface area contributed by atoms with Gasteiger partial charge in [0.1, 0.15) is 6.54 Å². The topological polar surface area (TPSA) is 92.5 Å². The van der Waals surface area contributed by atoms with Crippen LogP contribution in [0.1, 0.15) is 26.4 Å². The van der Waals surface area contributed by atoms with Crippen LogP contribution >= 0.6 is 15.9 Å². The molecular weight excluding hydrogens is 354 g/mol. The fourth-order valence-electron chi connectivity index (χ4n) is 2.15. The summed E-state index contributed by atoms with van der Waals surface area (Å²) in [4.78, 5) is 37.2. The molecule has 3 amide bonds. The van der Waals surface area contributed by atoms with E-state index in [9.17, 15) is 14.4 Å². The summed E-state index contributed by atoms with van der Waals surface area (Å²) in [5.74, 6) is -1.35. The van der Waals surface area contributed by atoms with E-state index in [2.05, 4.69) is 26.4 Å². The van der Waals surface area contributed by atoms with Gasteiger partial charge in [-0.05, 0) is 25.1 Å². The molecule has 1 N–H and O–H groups in total. The Morgan fingerprint density at radius 1 is 1.27 bits per heavy atom. The van der Waals surface area contributed by atoms with Crippen molar-refractivity contribution in [1.82, 2.24) is 10.1 Å². The molecule has 0 unspecified atom stereocenters. The van der Waals surface area contributed by atoms with Crippen LogP contribution in [-0.2, 0) is 4.79 Å². The molecule has 2 aromatic rings. The van der Waals surface area contributed by atoms with Gasteiger partial charge in [0.15, 0.2) is 0 Å². The Balaban J connectivity index is 1.75. The van der Waals surface area contributed by atoms with E-state index in [-0.39, 0.29) is 23.6 Å². The number of aromatic nitrogens is 1. The predicted molar refractivity (Wildman–Crippen MR) is 79.4 cm³/mol. The number of halogens is 1. The molecular formula is C14H10BrN3O4. The molecule has 112 valence electrons. The fourth-order valence-corrected chi connectivity index (χ4v) is 2.51. The van der Waals surface area contributed by atoms with Gasteiger partial charge in [0.25, 0.3) is 11.8 Å². The molecule has 8 heteroatoms. The second-order valence-corrected chi connectivity index (χ2v) is 5.68. The van der Waals surface area contributed by atoms with E-state index in [4.69, 9.17) is 4.52 Å². The Morgan fingerprint density at radius 3 is 2.68 bits per heavy atom. The molecule has 1 aliphatic heterocycles. The summed E-state index contributed by atoms with van der Waals surface area (Å²) in [5.41, 5.74) is 1.18. The normalized spacial score (nSPS) is 13.5. The second-order valence-electron chi connectivity index (χ2n) is 4.77. The lowest BCUT2D eigenvalue weighted by molar-refractivity contribution is -0.116. The van der Waals surface area contributed by atoms with Crippen LogP contribution in [0, 0.1) is 6.92 Å². The lowest BCUT2D eigenvalue weighted by Gasteiger charge is -2.12. The summed E-state index contributed by atoms with van der Waals surface area (Å²) in [5, 5.41) is 6.08. The maximum absolute atomic E-state index is 12.2. The van der Waals surface area contributed by atoms with Gasteiger partial charge in [-0.25, -0.2) is 0 Å². The number of rotatable bonds is 3. The van der Waals surface area contributed by atoms with Crippen LogP contribution in [0.25, 0.3) is 0 Å². The zero-order valence-corrected chi connectivity index (χ0v) is 13.0. The first-order chi connectivity index (χ1) is 10.5. The summed E-state index contributed by atoms with van der Waals surface area (Å²) in [6, 6.07) is 6.33. The third-order valence-corrected chi connectivity index (χ3v) is 3.62. The molecule has 0 aliphatic carbocycles. The number of imide groups is 1. The molecule has 3 rings (SSSR count). The third kappa shape index (κ3) is 2.52. The number of amides is 3. The number of benzene rings is 1. The Morgan fingerprint density at radius 2 is 2.00 bits per heavy atom. The number of nitrogens with one attached hydrogen (secondary N) is 1. The average molecular weight is 364 g/mol. The zero-order chi connectivity index (χ0) is 15.9. The minimum absolute atomic E-state index is 0.168. The van der Waals surface area contributed by atoms with E-state index in [0.717, 1.165) is 4.90 Å². The molecule has 0 saturated carbocycles. The number of fused-ring (bicyclic) bond motifs is 1. The van der Waals surface area contributed by atoms with Crippen molar-refractivity contribution in [3.8, 4) is 0 Å². The summed E-state index contributed by atoms with van der Waals surface area (Å²) in [6.07, 6.45) is 0. The standard InChI is InChI=1S/C14H10BrN3O4/c1-7-4-12(22-17-7)16-11(19)6-18-13(20)9-3-2-8(15)5-10(9)14(18)21/h2-5H,6H2,1H3,(H,16,19). The maximum Gasteiger partial charge on any atom is 0.262 e. The SMILES string of the molecule is Cc1cc(NC(=O)CN2C(=O)c3ccc(Br)cc3C2=O)on1. The number of carbonyl (C=O) groups excluding carboxylic acids is 3. The van der Waals surface area contributed by atoms with E-state index >= 15 is 0 Å². The highest BCUT2D eigenvalue weighted by molar-refractivity contribution is 9.10. The van der Waals surface area contributed by atoms with Crippen molar-refractivity contribution in [2.45, 2.75) is 6.92 Å². The molecule has 0 fully saturated rings. The second kappa shape index (κ2) is 5.38. The molecule has 1 aromatic heterocycles. The van der Waals surface area contributed by atoms with Crippen molar-refractivity contribution in [2.75, 3.05) is 11.9 Å². The van der Waals surface area contributed by atoms with Crippen molar-refractivity contribution >= 4 is 39.5 Å². The first kappa shape index (κ1) is 14.5. The summed E-state index contributed by atoms with van der Waals surface area (Å²) < 4.78 is 5.54. The molecule has 1 aromatic carbocycles. The Kier molecular flexibility index (Phi) is 3.53. The van der Waals surface area contributed by atoms with Gasteiger partial charge in [-0.3, -0.25) is 24.6 Å². The number of aryl methyl sites for hydroxylation is 1. The molecule has 2 heterocycles. The summed E-state index contributed by atoms with van der Waals surface area (Å²) >= 11 is 3.25. The highest BCUT2D eigenvalue weighted by Gasteiger charge is 2.36. The smallest absolute Gasteiger partial charge is 0.262 e. The molecule has 0 saturated heterocycles. The predicted octanol–water partition coefficient (Wildman–Crippen LogP) is 1.98. The average Bonchev–Trinajstić information content (AvgIpc) is 2.96. The van der Waals surface area contributed by atoms with Gasteiger partial charge < -0.3 is 4.52 Å². The van der Waals surface area contributed by atoms with Crippen LogP contribution in [0.4, 0.5) is 5.88 Å². The fraction of sp³-hybridized carbons (Fsp3) is 0.143. The van der Waals surface area contributed by atoms with Crippen LogP contribution < -0.4 is 5.32 Å². The van der Waals surface area contributed by atoms with Gasteiger partial charge in [0.2, 0.25) is 11.8 Å². The number of anilines is 1. The van der Waals surface area contributed by atoms with Crippen molar-refractivity contribution in [3.63, 3.8) is 0 Å². The number of hydrogen-bond acceptors (Lipinski definition) is 5. The van der Waals surface area contributed by atoms with Gasteiger partial charge in [0, 0.05) is 10.5 Å². The van der Waals surface area contributed by atoms with Gasteiger partial charge in [-0.2, -0.15) is 0 Å². The molecule has 0 bridgehead atoms. The van der Waals surface area contributed by atoms with Gasteiger partial charge in [-0.1, -0.05) is 21.1 Å². The lowest BCUT2D eigenvalue weighted by atomic mass is 10.1. The Hall–Kier alpha value is -2.48. The van der Waals surface area contributed by atoms with Crippen LogP contribution in [0.2, 0.25) is 0 Å². The van der Waals surface area contributed by atoms with Crippen molar-refractivity contribution < 1.29 is 18.9 Å². The van der Waals surface area contributed by atoms with Crippen LogP contribution in [-0.4, -0.2) is 34.3 Å². The van der Waals surface area contributed by atoms with Crippen LogP contribution in [0.5, 0.6) is 0 Å². The molecule has 0 radical (unpaired) electrons. The van der Waals surface area contributed by atoms with E-state index in [1.807, 2.05) is 0 Å². The summed E-state index contributed by atoms with van der Waals surface area (Å²) in [6.45, 7) is 1.32. The van der Waals surface area contributed by atoms with E-state index in [1.165, 1.54) is 6.07 Å². The molecule has 22 heavy (non-hydrogen) atoms. The summed E-state index contributed by atoms with van der Waals surface area (Å²) in [7, 11) is 0. The molecule has 1 aliphatic rings. The Bertz CT molecular complexity index is 799. The minimum atomic E-state index is -0.537. The maximum atomic E-state index is 12.2. The first-order valence-corrected chi connectivity index (χ1v) is 7.14. The lowest BCUT2D eigenvalue weighted by Crippen LogP contribution is -2.37. The highest BCUT2D eigenvalue weighted by atomic mass is 79.9. The number of nitrogens with zero attached hydrogens (tertiary/aromatic N) is 2. The van der Waals surface area contributed by atoms with E-state index < -0.39 is 17.7 Å². The molecule has 0 spiro atoms. The Labute approximate surface area is 133 Å². The molecule has 0 atom stereocenters. The number of carbonyl (C=O) groups is 3. The van der Waals surface area contributed by atoms with Gasteiger partial charge in [0.05, 0.1) is 16.8 Å². The van der Waals surface area contributed by atoms with Gasteiger partial charge in [-0.15, -0.1) is 0 Å². The first-order valence-electron chi connectivity index (χ1n) is 6.34. The van der Waals surface area contributed by atoms with E-state index in [0.29, 0.717) is 10.2 Å². The van der Waals surface area contributed by atoms with E-state index in [1.54, 1.807) is 25.1 Å². The largest absolute Gasteiger partial charge is 0.338 e. The monoisotopic (exact) mass is 363 g/mol. The zero-order valence-electron chi connectivity index (χ0n) is 11.4. The van der Waals surface area contributed by atoms with Gasteiger partial charge >= 0.3 is 0 Å². The number of hydrogen-bond donors (Lipinski definition) is 1. The molecule has 7 nitrogen and oxygen atoms in total. The van der Waals surface area contributed by atoms with Crippen molar-refractivity contribution in [1.29, 1.82) is 0 Å². The van der Waals surface area contributed by atoms with Crippen LogP contribution in [0.3, 0.4) is 0 Å². The quantitative estimate of drug-likeness (QED) is 0.841. The highest BCUT2D eigenvalue weighted by Crippen LogP contribution is 2.25. The van der Waals surface area contributed by atoms with Crippen molar-refractivity contribution in [2.24, 2.45) is 0 Å². The van der Waals surface area contributed by atoms with Crippen LogP contribution in [0.15, 0.2) is 33.3 Å². The third-order valence-electron chi connectivity index (χ3n) is 3.13.